The molecule has 2 N–H and O–H groups in total. The predicted molar refractivity (Wildman–Crippen MR) is 138 cm³/mol. The number of methoxy groups -OCH3 is 1. The van der Waals surface area contributed by atoms with Gasteiger partial charge in [-0.1, -0.05) is 42.5 Å². The molecule has 1 amide bonds. The molecule has 4 rings (SSSR count). The van der Waals surface area contributed by atoms with Gasteiger partial charge in [-0.3, -0.25) is 9.52 Å². The van der Waals surface area contributed by atoms with Gasteiger partial charge in [-0.2, -0.15) is 0 Å². The van der Waals surface area contributed by atoms with E-state index < -0.39 is 10.0 Å². The summed E-state index contributed by atoms with van der Waals surface area (Å²) in [6.45, 7) is 2.39. The summed E-state index contributed by atoms with van der Waals surface area (Å²) in [7, 11) is -2.60. The van der Waals surface area contributed by atoms with E-state index in [1.807, 2.05) is 49.4 Å². The molecule has 35 heavy (non-hydrogen) atoms. The lowest BCUT2D eigenvalue weighted by Gasteiger charge is -2.14. The average Bonchev–Trinajstić information content (AvgIpc) is 2.85. The van der Waals surface area contributed by atoms with Gasteiger partial charge in [0.25, 0.3) is 10.0 Å². The third kappa shape index (κ3) is 5.73. The quantitative estimate of drug-likeness (QED) is 0.335. The summed E-state index contributed by atoms with van der Waals surface area (Å²) in [5.41, 5.74) is 1.61. The second kappa shape index (κ2) is 10.5. The number of carbonyl (C=O) groups excluding carboxylic acids is 1. The average molecular weight is 491 g/mol. The minimum Gasteiger partial charge on any atom is -0.495 e. The lowest BCUT2D eigenvalue weighted by atomic mass is 10.0. The molecule has 0 aliphatic carbocycles. The van der Waals surface area contributed by atoms with Gasteiger partial charge in [-0.05, 0) is 65.7 Å². The van der Waals surface area contributed by atoms with Crippen molar-refractivity contribution in [2.24, 2.45) is 0 Å². The molecule has 0 saturated carbocycles. The molecule has 0 aliphatic rings. The summed E-state index contributed by atoms with van der Waals surface area (Å²) in [6, 6.07) is 24.8. The maximum atomic E-state index is 13.1. The molecule has 0 radical (unpaired) electrons. The van der Waals surface area contributed by atoms with Crippen molar-refractivity contribution in [1.29, 1.82) is 0 Å². The van der Waals surface area contributed by atoms with Crippen molar-refractivity contribution in [2.75, 3.05) is 23.8 Å². The normalized spacial score (nSPS) is 11.1. The molecule has 7 nitrogen and oxygen atoms in total. The Morgan fingerprint density at radius 1 is 0.886 bits per heavy atom. The van der Waals surface area contributed by atoms with Gasteiger partial charge in [0.05, 0.1) is 20.1 Å². The van der Waals surface area contributed by atoms with Crippen molar-refractivity contribution < 1.29 is 22.7 Å². The van der Waals surface area contributed by atoms with E-state index in [0.29, 0.717) is 23.7 Å². The Morgan fingerprint density at radius 2 is 1.60 bits per heavy atom. The first kappa shape index (κ1) is 24.1. The molecular weight excluding hydrogens is 464 g/mol. The predicted octanol–water partition coefficient (Wildman–Crippen LogP) is 5.23. The lowest BCUT2D eigenvalue weighted by Crippen LogP contribution is -2.17. The monoisotopic (exact) mass is 490 g/mol. The van der Waals surface area contributed by atoms with Crippen LogP contribution in [0.1, 0.15) is 12.5 Å². The van der Waals surface area contributed by atoms with Gasteiger partial charge in [-0.25, -0.2) is 8.42 Å². The smallest absolute Gasteiger partial charge is 0.265 e. The van der Waals surface area contributed by atoms with E-state index in [0.717, 1.165) is 16.3 Å². The van der Waals surface area contributed by atoms with E-state index in [1.165, 1.54) is 19.2 Å². The number of fused-ring (bicyclic) bond motifs is 1. The number of hydrogen-bond acceptors (Lipinski definition) is 5. The van der Waals surface area contributed by atoms with Crippen LogP contribution in [0, 0.1) is 0 Å². The molecule has 0 saturated heterocycles. The van der Waals surface area contributed by atoms with Gasteiger partial charge in [0.1, 0.15) is 16.4 Å². The summed E-state index contributed by atoms with van der Waals surface area (Å²) in [5, 5.41) is 4.86. The van der Waals surface area contributed by atoms with Crippen molar-refractivity contribution in [3.63, 3.8) is 0 Å². The molecule has 0 unspecified atom stereocenters. The van der Waals surface area contributed by atoms with E-state index in [2.05, 4.69) is 10.0 Å². The van der Waals surface area contributed by atoms with Crippen LogP contribution in [0.3, 0.4) is 0 Å². The number of ether oxygens (including phenoxy) is 2. The number of nitrogens with one attached hydrogen (secondary N) is 2. The summed E-state index contributed by atoms with van der Waals surface area (Å²) >= 11 is 0. The van der Waals surface area contributed by atoms with Gasteiger partial charge in [0.15, 0.2) is 0 Å². The standard InChI is InChI=1S/C27H26N2O5S/c1-3-34-23-14-11-21(12-15-23)29-35(31,32)26-18-22(13-16-25(26)33-2)28-27(30)17-20-9-6-8-19-7-4-5-10-24(19)20/h4-16,18,29H,3,17H2,1-2H3,(H,28,30). The largest absolute Gasteiger partial charge is 0.495 e. The minimum atomic E-state index is -3.99. The highest BCUT2D eigenvalue weighted by molar-refractivity contribution is 7.92. The van der Waals surface area contributed by atoms with Crippen molar-refractivity contribution in [1.82, 2.24) is 0 Å². The van der Waals surface area contributed by atoms with Crippen molar-refractivity contribution in [2.45, 2.75) is 18.2 Å². The fourth-order valence-corrected chi connectivity index (χ4v) is 5.04. The molecule has 4 aromatic carbocycles. The zero-order valence-electron chi connectivity index (χ0n) is 19.4. The first-order valence-electron chi connectivity index (χ1n) is 11.1. The first-order valence-corrected chi connectivity index (χ1v) is 12.6. The molecule has 4 aromatic rings. The summed E-state index contributed by atoms with van der Waals surface area (Å²) < 4.78 is 39.5. The van der Waals surface area contributed by atoms with E-state index in [9.17, 15) is 13.2 Å². The third-order valence-corrected chi connectivity index (χ3v) is 6.79. The van der Waals surface area contributed by atoms with Gasteiger partial charge in [-0.15, -0.1) is 0 Å². The number of benzene rings is 4. The van der Waals surface area contributed by atoms with Crippen LogP contribution in [-0.2, 0) is 21.2 Å². The zero-order chi connectivity index (χ0) is 24.8. The Hall–Kier alpha value is -4.04. The molecule has 0 spiro atoms. The van der Waals surface area contributed by atoms with Gasteiger partial charge in [0.2, 0.25) is 5.91 Å². The van der Waals surface area contributed by atoms with Crippen LogP contribution in [0.5, 0.6) is 11.5 Å². The van der Waals surface area contributed by atoms with E-state index in [1.54, 1.807) is 30.3 Å². The molecule has 0 atom stereocenters. The van der Waals surface area contributed by atoms with Crippen molar-refractivity contribution >= 4 is 38.1 Å². The Bertz CT molecular complexity index is 1450. The lowest BCUT2D eigenvalue weighted by molar-refractivity contribution is -0.115. The van der Waals surface area contributed by atoms with Crippen LogP contribution >= 0.6 is 0 Å². The first-order chi connectivity index (χ1) is 16.9. The van der Waals surface area contributed by atoms with Crippen molar-refractivity contribution in [3.8, 4) is 11.5 Å². The highest BCUT2D eigenvalue weighted by Gasteiger charge is 2.21. The van der Waals surface area contributed by atoms with Crippen LogP contribution in [0.4, 0.5) is 11.4 Å². The van der Waals surface area contributed by atoms with Crippen LogP contribution in [-0.4, -0.2) is 28.0 Å². The second-order valence-electron chi connectivity index (χ2n) is 7.79. The molecule has 0 heterocycles. The molecule has 8 heteroatoms. The van der Waals surface area contributed by atoms with Crippen LogP contribution in [0.15, 0.2) is 89.8 Å². The maximum absolute atomic E-state index is 13.1. The van der Waals surface area contributed by atoms with E-state index in [-0.39, 0.29) is 23.0 Å². The van der Waals surface area contributed by atoms with Gasteiger partial charge >= 0.3 is 0 Å². The molecule has 0 aromatic heterocycles. The second-order valence-corrected chi connectivity index (χ2v) is 9.44. The highest BCUT2D eigenvalue weighted by Crippen LogP contribution is 2.29. The zero-order valence-corrected chi connectivity index (χ0v) is 20.3. The number of anilines is 2. The van der Waals surface area contributed by atoms with Gasteiger partial charge in [0, 0.05) is 11.4 Å². The molecule has 0 aliphatic heterocycles. The van der Waals surface area contributed by atoms with Crippen LogP contribution < -0.4 is 19.5 Å². The highest BCUT2D eigenvalue weighted by atomic mass is 32.2. The Balaban J connectivity index is 1.54. The summed E-state index contributed by atoms with van der Waals surface area (Å²) in [4.78, 5) is 12.7. The number of rotatable bonds is 9. The fraction of sp³-hybridized carbons (Fsp3) is 0.148. The fourth-order valence-electron chi connectivity index (χ4n) is 3.79. The molecule has 0 fully saturated rings. The number of hydrogen-bond donors (Lipinski definition) is 2. The van der Waals surface area contributed by atoms with Crippen molar-refractivity contribution in [3.05, 3.63) is 90.5 Å². The SMILES string of the molecule is CCOc1ccc(NS(=O)(=O)c2cc(NC(=O)Cc3cccc4ccccc34)ccc2OC)cc1. The minimum absolute atomic E-state index is 0.0863. The Kier molecular flexibility index (Phi) is 7.22. The Morgan fingerprint density at radius 3 is 2.34 bits per heavy atom. The summed E-state index contributed by atoms with van der Waals surface area (Å²) in [5.74, 6) is 0.550. The number of carbonyl (C=O) groups is 1. The van der Waals surface area contributed by atoms with E-state index in [4.69, 9.17) is 9.47 Å². The van der Waals surface area contributed by atoms with Gasteiger partial charge < -0.3 is 14.8 Å². The van der Waals surface area contributed by atoms with Crippen LogP contribution in [0.2, 0.25) is 0 Å². The number of amides is 1. The maximum Gasteiger partial charge on any atom is 0.265 e. The van der Waals surface area contributed by atoms with Crippen LogP contribution in [0.25, 0.3) is 10.8 Å². The topological polar surface area (TPSA) is 93.7 Å². The molecular formula is C27H26N2O5S. The molecule has 0 bridgehead atoms. The Labute approximate surface area is 204 Å². The third-order valence-electron chi connectivity index (χ3n) is 5.39. The summed E-state index contributed by atoms with van der Waals surface area (Å²) in [6.07, 6.45) is 0.153. The van der Waals surface area contributed by atoms with E-state index >= 15 is 0 Å². The molecule has 180 valence electrons. The number of sulfonamides is 1.